The Kier molecular flexibility index (Phi) is 9.15. The van der Waals surface area contributed by atoms with E-state index < -0.39 is 55.1 Å². The van der Waals surface area contributed by atoms with Crippen molar-refractivity contribution in [2.75, 3.05) is 0 Å². The lowest BCUT2D eigenvalue weighted by Crippen LogP contribution is -2.56. The number of carbonyl (C=O) groups is 1. The first kappa shape index (κ1) is 21.3. The highest BCUT2D eigenvalue weighted by atomic mass is 16.6. The summed E-state index contributed by atoms with van der Waals surface area (Å²) in [6, 6.07) is 0. The number of aliphatic hydroxyl groups is 8. The van der Waals surface area contributed by atoms with Crippen molar-refractivity contribution in [1.82, 2.24) is 0 Å². The van der Waals surface area contributed by atoms with Crippen LogP contribution in [0.25, 0.3) is 0 Å². The lowest BCUT2D eigenvalue weighted by atomic mass is 10.0. The molecule has 8 N–H and O–H groups in total. The van der Waals surface area contributed by atoms with Gasteiger partial charge in [-0.05, 0) is 13.8 Å². The molecule has 9 atom stereocenters. The molecule has 5 unspecified atom stereocenters. The summed E-state index contributed by atoms with van der Waals surface area (Å²) in [5.74, 6) is 0. The first-order valence-corrected chi connectivity index (χ1v) is 6.59. The second-order valence-electron chi connectivity index (χ2n) is 5.05. The summed E-state index contributed by atoms with van der Waals surface area (Å²) in [7, 11) is 0. The van der Waals surface area contributed by atoms with E-state index in [2.05, 4.69) is 4.74 Å². The third-order valence-electron chi connectivity index (χ3n) is 3.16. The lowest BCUT2D eigenvalue weighted by molar-refractivity contribution is -0.277. The molecule has 1 saturated heterocycles. The van der Waals surface area contributed by atoms with Crippen LogP contribution in [0.5, 0.6) is 0 Å². The van der Waals surface area contributed by atoms with E-state index in [9.17, 15) is 4.79 Å². The Morgan fingerprint density at radius 1 is 0.909 bits per heavy atom. The molecule has 0 amide bonds. The van der Waals surface area contributed by atoms with Crippen molar-refractivity contribution < 1.29 is 50.4 Å². The van der Waals surface area contributed by atoms with Crippen molar-refractivity contribution in [1.29, 1.82) is 0 Å². The zero-order valence-corrected chi connectivity index (χ0v) is 12.2. The average molecular weight is 328 g/mol. The van der Waals surface area contributed by atoms with E-state index in [4.69, 9.17) is 40.9 Å². The average Bonchev–Trinajstić information content (AvgIpc) is 2.49. The van der Waals surface area contributed by atoms with Crippen molar-refractivity contribution in [2.45, 2.75) is 69.0 Å². The summed E-state index contributed by atoms with van der Waals surface area (Å²) in [5, 5.41) is 71.1. The molecule has 0 aromatic carbocycles. The standard InChI is InChI=1S/2C6H12O5/c1-2-3(7)4(8)5(9)6(10)11-2;1-3(8)5(10)6(11)4(9)2-7/h2-10H,1H3;2-6,8-11H,1H3/t2-,3+,4+,5-,6?;/m0./s1. The highest BCUT2D eigenvalue weighted by Gasteiger charge is 2.40. The molecular weight excluding hydrogens is 304 g/mol. The van der Waals surface area contributed by atoms with Crippen LogP contribution in [0.2, 0.25) is 0 Å². The fourth-order valence-electron chi connectivity index (χ4n) is 1.60. The molecule has 0 spiro atoms. The summed E-state index contributed by atoms with van der Waals surface area (Å²) in [6.45, 7) is 2.74. The number of carbonyl (C=O) groups excluding carboxylic acids is 1. The number of hydrogen-bond donors (Lipinski definition) is 8. The van der Waals surface area contributed by atoms with Crippen molar-refractivity contribution in [3.63, 3.8) is 0 Å². The number of hydrogen-bond acceptors (Lipinski definition) is 10. The van der Waals surface area contributed by atoms with E-state index in [1.165, 1.54) is 13.8 Å². The maximum atomic E-state index is 9.87. The summed E-state index contributed by atoms with van der Waals surface area (Å²) >= 11 is 0. The lowest BCUT2D eigenvalue weighted by Gasteiger charge is -2.36. The zero-order chi connectivity index (χ0) is 17.6. The Labute approximate surface area is 126 Å². The minimum atomic E-state index is -1.65. The van der Waals surface area contributed by atoms with Crippen LogP contribution in [-0.2, 0) is 9.53 Å². The quantitative estimate of drug-likeness (QED) is 0.233. The Balaban J connectivity index is 0.000000401. The highest BCUT2D eigenvalue weighted by Crippen LogP contribution is 2.18. The molecule has 0 aromatic heterocycles. The Morgan fingerprint density at radius 3 is 1.82 bits per heavy atom. The molecule has 132 valence electrons. The second kappa shape index (κ2) is 9.45. The molecule has 0 radical (unpaired) electrons. The van der Waals surface area contributed by atoms with Gasteiger partial charge in [-0.2, -0.15) is 0 Å². The Hall–Kier alpha value is -0.690. The minimum absolute atomic E-state index is 0.0935. The largest absolute Gasteiger partial charge is 0.391 e. The normalized spacial score (nSPS) is 37.3. The van der Waals surface area contributed by atoms with E-state index in [1.54, 1.807) is 0 Å². The smallest absolute Gasteiger partial charge is 0.183 e. The van der Waals surface area contributed by atoms with E-state index in [1.807, 2.05) is 0 Å². The third-order valence-corrected chi connectivity index (χ3v) is 3.16. The maximum Gasteiger partial charge on any atom is 0.183 e. The molecular formula is C12H24O10. The predicted octanol–water partition coefficient (Wildman–Crippen LogP) is -4.54. The van der Waals surface area contributed by atoms with Crippen molar-refractivity contribution in [3.8, 4) is 0 Å². The predicted molar refractivity (Wildman–Crippen MR) is 70.3 cm³/mol. The molecule has 1 heterocycles. The van der Waals surface area contributed by atoms with Crippen molar-refractivity contribution in [3.05, 3.63) is 0 Å². The van der Waals surface area contributed by atoms with Crippen LogP contribution in [0, 0.1) is 0 Å². The summed E-state index contributed by atoms with van der Waals surface area (Å²) in [4.78, 5) is 9.87. The van der Waals surface area contributed by atoms with E-state index in [0.717, 1.165) is 0 Å². The van der Waals surface area contributed by atoms with Gasteiger partial charge in [0.15, 0.2) is 12.6 Å². The van der Waals surface area contributed by atoms with Crippen LogP contribution in [0.3, 0.4) is 0 Å². The molecule has 0 bridgehead atoms. The monoisotopic (exact) mass is 328 g/mol. The molecule has 0 aliphatic carbocycles. The molecule has 1 fully saturated rings. The SMILES string of the molecule is CC(O)C(O)C(O)C(O)C=O.C[C@@H]1OC(O)[C@@H](O)[C@H](O)[C@@H]1O. The molecule has 1 aliphatic rings. The van der Waals surface area contributed by atoms with Gasteiger partial charge in [-0.1, -0.05) is 0 Å². The van der Waals surface area contributed by atoms with Crippen LogP contribution in [0.15, 0.2) is 0 Å². The van der Waals surface area contributed by atoms with Gasteiger partial charge in [-0.25, -0.2) is 0 Å². The second-order valence-corrected chi connectivity index (χ2v) is 5.05. The summed E-state index contributed by atoms with van der Waals surface area (Å²) in [5.41, 5.74) is 0. The van der Waals surface area contributed by atoms with Crippen molar-refractivity contribution >= 4 is 6.29 Å². The fourth-order valence-corrected chi connectivity index (χ4v) is 1.60. The first-order valence-electron chi connectivity index (χ1n) is 6.59. The van der Waals surface area contributed by atoms with Gasteiger partial charge < -0.3 is 50.4 Å². The maximum absolute atomic E-state index is 9.87. The van der Waals surface area contributed by atoms with Gasteiger partial charge in [0.25, 0.3) is 0 Å². The van der Waals surface area contributed by atoms with Gasteiger partial charge in [0.1, 0.15) is 36.6 Å². The van der Waals surface area contributed by atoms with Crippen LogP contribution in [0.1, 0.15) is 13.8 Å². The summed E-state index contributed by atoms with van der Waals surface area (Å²) in [6.07, 6.45) is -11.9. The number of ether oxygens (including phenoxy) is 1. The molecule has 10 nitrogen and oxygen atoms in total. The van der Waals surface area contributed by atoms with Crippen LogP contribution in [0.4, 0.5) is 0 Å². The van der Waals surface area contributed by atoms with Gasteiger partial charge in [0.05, 0.1) is 12.2 Å². The van der Waals surface area contributed by atoms with E-state index in [-0.39, 0.29) is 6.29 Å². The van der Waals surface area contributed by atoms with Gasteiger partial charge in [0, 0.05) is 0 Å². The zero-order valence-electron chi connectivity index (χ0n) is 12.2. The van der Waals surface area contributed by atoms with Crippen LogP contribution < -0.4 is 0 Å². The number of aliphatic hydroxyl groups excluding tert-OH is 8. The Morgan fingerprint density at radius 2 is 1.41 bits per heavy atom. The van der Waals surface area contributed by atoms with Gasteiger partial charge >= 0.3 is 0 Å². The summed E-state index contributed by atoms with van der Waals surface area (Å²) < 4.78 is 4.68. The highest BCUT2D eigenvalue weighted by molar-refractivity contribution is 5.56. The van der Waals surface area contributed by atoms with Crippen LogP contribution >= 0.6 is 0 Å². The van der Waals surface area contributed by atoms with E-state index in [0.29, 0.717) is 0 Å². The van der Waals surface area contributed by atoms with E-state index >= 15 is 0 Å². The first-order chi connectivity index (χ1) is 10.0. The molecule has 22 heavy (non-hydrogen) atoms. The molecule has 1 rings (SSSR count). The molecule has 0 saturated carbocycles. The number of aldehydes is 1. The fraction of sp³-hybridized carbons (Fsp3) is 0.917. The van der Waals surface area contributed by atoms with Crippen LogP contribution in [-0.4, -0.2) is 102 Å². The Bertz CT molecular complexity index is 311. The van der Waals surface area contributed by atoms with Crippen molar-refractivity contribution in [2.24, 2.45) is 0 Å². The van der Waals surface area contributed by atoms with Gasteiger partial charge in [-0.15, -0.1) is 0 Å². The van der Waals surface area contributed by atoms with Gasteiger partial charge in [0.2, 0.25) is 0 Å². The van der Waals surface area contributed by atoms with Gasteiger partial charge in [-0.3, -0.25) is 0 Å². The topological polar surface area (TPSA) is 188 Å². The molecule has 10 heteroatoms. The third kappa shape index (κ3) is 5.83. The molecule has 0 aromatic rings. The number of rotatable bonds is 4. The molecule has 1 aliphatic heterocycles. The minimum Gasteiger partial charge on any atom is -0.391 e.